The van der Waals surface area contributed by atoms with E-state index in [1.54, 1.807) is 23.4 Å². The van der Waals surface area contributed by atoms with Crippen molar-refractivity contribution in [2.24, 2.45) is 0 Å². The summed E-state index contributed by atoms with van der Waals surface area (Å²) in [4.78, 5) is 46.4. The van der Waals surface area contributed by atoms with Crippen LogP contribution in [0.15, 0.2) is 49.1 Å². The van der Waals surface area contributed by atoms with Gasteiger partial charge in [0.1, 0.15) is 17.5 Å². The zero-order chi connectivity index (χ0) is 28.2. The highest BCUT2D eigenvalue weighted by atomic mass is 16.6. The molecule has 1 aromatic carbocycles. The number of nitrogens with zero attached hydrogens (tertiary/aromatic N) is 5. The molecular formula is C29H33N7O4. The van der Waals surface area contributed by atoms with Crippen LogP contribution in [-0.4, -0.2) is 62.3 Å². The molecule has 0 aliphatic carbocycles. The first-order valence-corrected chi connectivity index (χ1v) is 13.6. The molecule has 40 heavy (non-hydrogen) atoms. The molecule has 2 N–H and O–H groups in total. The molecular weight excluding hydrogens is 510 g/mol. The van der Waals surface area contributed by atoms with Crippen molar-refractivity contribution in [3.05, 3.63) is 54.6 Å². The zero-order valence-corrected chi connectivity index (χ0v) is 22.9. The maximum absolute atomic E-state index is 13.4. The molecule has 5 heterocycles. The van der Waals surface area contributed by atoms with Crippen LogP contribution in [0.25, 0.3) is 10.8 Å². The van der Waals surface area contributed by atoms with Crippen LogP contribution in [-0.2, 0) is 9.53 Å². The number of carbonyl (C=O) groups is 3. The van der Waals surface area contributed by atoms with Gasteiger partial charge in [-0.1, -0.05) is 18.7 Å². The summed E-state index contributed by atoms with van der Waals surface area (Å²) >= 11 is 0. The zero-order valence-electron chi connectivity index (χ0n) is 22.9. The monoisotopic (exact) mass is 543 g/mol. The first kappa shape index (κ1) is 25.8. The largest absolute Gasteiger partial charge is 0.444 e. The van der Waals surface area contributed by atoms with Crippen molar-refractivity contribution in [1.29, 1.82) is 0 Å². The smallest absolute Gasteiger partial charge is 0.410 e. The molecule has 1 atom stereocenters. The second-order valence-electron chi connectivity index (χ2n) is 11.6. The van der Waals surface area contributed by atoms with E-state index in [2.05, 4.69) is 27.3 Å². The number of likely N-dealkylation sites (tertiary alicyclic amines) is 1. The maximum Gasteiger partial charge on any atom is 0.410 e. The van der Waals surface area contributed by atoms with Crippen LogP contribution in [0.2, 0.25) is 0 Å². The Bertz CT molecular complexity index is 1530. The minimum atomic E-state index is -0.625. The van der Waals surface area contributed by atoms with Crippen molar-refractivity contribution in [2.45, 2.75) is 64.1 Å². The quantitative estimate of drug-likeness (QED) is 0.497. The molecule has 3 aliphatic rings. The van der Waals surface area contributed by atoms with E-state index in [-0.39, 0.29) is 23.9 Å². The van der Waals surface area contributed by atoms with Gasteiger partial charge in [-0.25, -0.2) is 9.78 Å². The van der Waals surface area contributed by atoms with Crippen molar-refractivity contribution in [3.8, 4) is 0 Å². The van der Waals surface area contributed by atoms with Gasteiger partial charge in [0.2, 0.25) is 5.91 Å². The fourth-order valence-corrected chi connectivity index (χ4v) is 5.66. The second-order valence-corrected chi connectivity index (χ2v) is 11.6. The molecule has 6 rings (SSSR count). The van der Waals surface area contributed by atoms with Gasteiger partial charge in [0.05, 0.1) is 35.4 Å². The van der Waals surface area contributed by atoms with Crippen molar-refractivity contribution in [3.63, 3.8) is 0 Å². The fourth-order valence-electron chi connectivity index (χ4n) is 5.66. The van der Waals surface area contributed by atoms with E-state index < -0.39 is 11.6 Å². The van der Waals surface area contributed by atoms with E-state index >= 15 is 0 Å². The van der Waals surface area contributed by atoms with Gasteiger partial charge in [-0.05, 0) is 52.5 Å². The number of pyridine rings is 1. The number of hydrogen-bond acceptors (Lipinski definition) is 7. The molecule has 208 valence electrons. The third kappa shape index (κ3) is 4.65. The van der Waals surface area contributed by atoms with E-state index in [0.717, 1.165) is 35.0 Å². The van der Waals surface area contributed by atoms with Crippen molar-refractivity contribution in [1.82, 2.24) is 25.0 Å². The van der Waals surface area contributed by atoms with E-state index in [9.17, 15) is 14.4 Å². The molecule has 0 spiro atoms. The van der Waals surface area contributed by atoms with Gasteiger partial charge in [-0.3, -0.25) is 19.2 Å². The van der Waals surface area contributed by atoms with Crippen LogP contribution in [0, 0.1) is 0 Å². The van der Waals surface area contributed by atoms with Crippen LogP contribution in [0.3, 0.4) is 0 Å². The molecule has 0 bridgehead atoms. The van der Waals surface area contributed by atoms with E-state index in [0.29, 0.717) is 43.0 Å². The summed E-state index contributed by atoms with van der Waals surface area (Å²) in [6.45, 7) is 10.7. The number of nitrogens with one attached hydrogen (secondary N) is 2. The Morgan fingerprint density at radius 2 is 1.93 bits per heavy atom. The summed E-state index contributed by atoms with van der Waals surface area (Å²) in [5, 5.41) is 12.3. The minimum Gasteiger partial charge on any atom is -0.444 e. The Morgan fingerprint density at radius 1 is 1.15 bits per heavy atom. The maximum atomic E-state index is 13.4. The Morgan fingerprint density at radius 3 is 2.65 bits per heavy atom. The lowest BCUT2D eigenvalue weighted by atomic mass is 10.0. The summed E-state index contributed by atoms with van der Waals surface area (Å²) in [5.41, 5.74) is 2.23. The van der Waals surface area contributed by atoms with Gasteiger partial charge >= 0.3 is 6.09 Å². The summed E-state index contributed by atoms with van der Waals surface area (Å²) in [5.74, 6) is 0.0450. The Kier molecular flexibility index (Phi) is 6.24. The molecule has 3 aliphatic heterocycles. The standard InChI is InChI=1S/C29H33N7O4/c1-17-8-9-23(26(37)32-17)36-25-24-20(6-5-7-21(24)27(36)38)22(15-30-25)33-18-14-31-35(16-18)19-10-12-34(13-11-19)28(39)40-29(2,3)4/h5-7,14-16,19,23,33H,1,8-13H2,2-4H3,(H,32,37). The predicted octanol–water partition coefficient (Wildman–Crippen LogP) is 4.50. The molecule has 1 unspecified atom stereocenters. The SMILES string of the molecule is C=C1CCC(N2C(=O)c3cccc4c(Nc5cnn(C6CCN(C(=O)OC(C)(C)C)CC6)c5)cnc2c34)C(=O)N1. The first-order chi connectivity index (χ1) is 19.1. The van der Waals surface area contributed by atoms with E-state index in [1.807, 2.05) is 43.8 Å². The van der Waals surface area contributed by atoms with E-state index in [4.69, 9.17) is 4.74 Å². The minimum absolute atomic E-state index is 0.170. The number of anilines is 3. The number of benzene rings is 1. The summed E-state index contributed by atoms with van der Waals surface area (Å²) in [7, 11) is 0. The molecule has 2 saturated heterocycles. The number of piperidine rings is 2. The van der Waals surface area contributed by atoms with Crippen LogP contribution < -0.4 is 15.5 Å². The molecule has 3 amide bonds. The Hall–Kier alpha value is -4.41. The molecule has 2 aromatic heterocycles. The molecule has 0 radical (unpaired) electrons. The van der Waals surface area contributed by atoms with Crippen LogP contribution >= 0.6 is 0 Å². The molecule has 11 heteroatoms. The average Bonchev–Trinajstić information content (AvgIpc) is 3.49. The van der Waals surface area contributed by atoms with Gasteiger partial charge in [-0.15, -0.1) is 0 Å². The normalized spacial score (nSPS) is 19.8. The van der Waals surface area contributed by atoms with Gasteiger partial charge < -0.3 is 20.3 Å². The lowest BCUT2D eigenvalue weighted by Gasteiger charge is -2.33. The highest BCUT2D eigenvalue weighted by molar-refractivity contribution is 6.27. The fraction of sp³-hybridized carbons (Fsp3) is 0.414. The number of aromatic nitrogens is 3. The Labute approximate surface area is 232 Å². The van der Waals surface area contributed by atoms with Gasteiger partial charge in [0.15, 0.2) is 0 Å². The molecule has 3 aromatic rings. The highest BCUT2D eigenvalue weighted by Gasteiger charge is 2.41. The summed E-state index contributed by atoms with van der Waals surface area (Å²) in [6.07, 6.45) is 7.82. The number of hydrogen-bond donors (Lipinski definition) is 2. The molecule has 0 saturated carbocycles. The van der Waals surface area contributed by atoms with Crippen LogP contribution in [0.4, 0.5) is 22.0 Å². The van der Waals surface area contributed by atoms with Crippen LogP contribution in [0.5, 0.6) is 0 Å². The number of rotatable bonds is 4. The summed E-state index contributed by atoms with van der Waals surface area (Å²) < 4.78 is 7.44. The third-order valence-corrected chi connectivity index (χ3v) is 7.58. The lowest BCUT2D eigenvalue weighted by Crippen LogP contribution is -2.51. The average molecular weight is 544 g/mol. The molecule has 11 nitrogen and oxygen atoms in total. The number of amides is 3. The van der Waals surface area contributed by atoms with Crippen molar-refractivity contribution < 1.29 is 19.1 Å². The van der Waals surface area contributed by atoms with Gasteiger partial charge in [0.25, 0.3) is 5.91 Å². The van der Waals surface area contributed by atoms with Crippen molar-refractivity contribution in [2.75, 3.05) is 23.3 Å². The molecule has 2 fully saturated rings. The summed E-state index contributed by atoms with van der Waals surface area (Å²) in [6, 6.07) is 5.12. The van der Waals surface area contributed by atoms with Gasteiger partial charge in [-0.2, -0.15) is 5.10 Å². The van der Waals surface area contributed by atoms with Gasteiger partial charge in [0, 0.05) is 35.8 Å². The Balaban J connectivity index is 1.19. The predicted molar refractivity (Wildman–Crippen MR) is 150 cm³/mol. The van der Waals surface area contributed by atoms with Crippen LogP contribution in [0.1, 0.15) is 62.9 Å². The highest BCUT2D eigenvalue weighted by Crippen LogP contribution is 2.41. The van der Waals surface area contributed by atoms with E-state index in [1.165, 1.54) is 4.90 Å². The van der Waals surface area contributed by atoms with Crippen molar-refractivity contribution >= 4 is 45.9 Å². The second kappa shape index (κ2) is 9.65. The number of carbonyl (C=O) groups excluding carboxylic acids is 3. The first-order valence-electron chi connectivity index (χ1n) is 13.6. The topological polar surface area (TPSA) is 122 Å². The lowest BCUT2D eigenvalue weighted by molar-refractivity contribution is -0.122. The number of allylic oxidation sites excluding steroid dienone is 1. The third-order valence-electron chi connectivity index (χ3n) is 7.58. The number of ether oxygens (including phenoxy) is 1.